The zero-order valence-electron chi connectivity index (χ0n) is 16.6. The number of methoxy groups -OCH3 is 3. The molecule has 6 nitrogen and oxygen atoms in total. The first-order valence-corrected chi connectivity index (χ1v) is 9.62. The van der Waals surface area contributed by atoms with Crippen LogP contribution in [0.25, 0.3) is 16.3 Å². The third-order valence-electron chi connectivity index (χ3n) is 4.21. The quantitative estimate of drug-likeness (QED) is 0.446. The van der Waals surface area contributed by atoms with E-state index in [0.717, 1.165) is 0 Å². The number of carbonyl (C=O) groups excluding carboxylic acids is 1. The van der Waals surface area contributed by atoms with Crippen molar-refractivity contribution in [3.63, 3.8) is 0 Å². The number of terminal acetylenes is 1. The van der Waals surface area contributed by atoms with Crippen molar-refractivity contribution in [2.75, 3.05) is 21.3 Å². The number of hydrogen-bond acceptors (Lipinski definition) is 5. The zero-order valence-corrected chi connectivity index (χ0v) is 17.5. The van der Waals surface area contributed by atoms with E-state index in [0.29, 0.717) is 37.8 Å². The molecular formula is C22H19FN2O4S. The van der Waals surface area contributed by atoms with Gasteiger partial charge in [-0.1, -0.05) is 23.3 Å². The van der Waals surface area contributed by atoms with Crippen molar-refractivity contribution in [2.24, 2.45) is 4.99 Å². The number of halogens is 1. The van der Waals surface area contributed by atoms with Crippen LogP contribution in [0.5, 0.6) is 17.2 Å². The molecule has 0 bridgehead atoms. The second-order valence-electron chi connectivity index (χ2n) is 6.00. The van der Waals surface area contributed by atoms with Crippen molar-refractivity contribution >= 4 is 33.5 Å². The van der Waals surface area contributed by atoms with Gasteiger partial charge in [0.15, 0.2) is 16.3 Å². The number of rotatable bonds is 6. The fourth-order valence-electron chi connectivity index (χ4n) is 2.91. The van der Waals surface area contributed by atoms with E-state index in [1.54, 1.807) is 30.3 Å². The van der Waals surface area contributed by atoms with Gasteiger partial charge in [0.05, 0.1) is 38.1 Å². The van der Waals surface area contributed by atoms with Gasteiger partial charge in [0, 0.05) is 6.08 Å². The first kappa shape index (κ1) is 21.1. The topological polar surface area (TPSA) is 62.1 Å². The van der Waals surface area contributed by atoms with E-state index >= 15 is 0 Å². The van der Waals surface area contributed by atoms with Gasteiger partial charge in [-0.25, -0.2) is 4.39 Å². The minimum Gasteiger partial charge on any atom is -0.493 e. The van der Waals surface area contributed by atoms with E-state index in [2.05, 4.69) is 10.9 Å². The van der Waals surface area contributed by atoms with Gasteiger partial charge in [0.25, 0.3) is 5.91 Å². The number of fused-ring (bicyclic) bond motifs is 1. The molecule has 0 saturated carbocycles. The molecule has 3 aromatic rings. The van der Waals surface area contributed by atoms with E-state index < -0.39 is 11.7 Å². The average Bonchev–Trinajstić information content (AvgIpc) is 3.09. The lowest BCUT2D eigenvalue weighted by Crippen LogP contribution is -2.16. The monoisotopic (exact) mass is 426 g/mol. The molecule has 0 spiro atoms. The molecule has 1 heterocycles. The molecule has 0 N–H and O–H groups in total. The number of thiazole rings is 1. The van der Waals surface area contributed by atoms with Crippen LogP contribution in [0.15, 0.2) is 41.4 Å². The Morgan fingerprint density at radius 3 is 2.53 bits per heavy atom. The van der Waals surface area contributed by atoms with Crippen LogP contribution in [-0.4, -0.2) is 31.8 Å². The predicted molar refractivity (Wildman–Crippen MR) is 114 cm³/mol. The molecule has 2 aromatic carbocycles. The molecule has 0 unspecified atom stereocenters. The standard InChI is InChI=1S/C22H19FN2O4S/c1-5-11-25-20-15(23)7-6-8-18(20)30-22(25)24-19(26)10-9-14-12-16(27-2)21(29-4)17(13-14)28-3/h1,6-10,12-13H,11H2,2-4H3. The summed E-state index contributed by atoms with van der Waals surface area (Å²) in [5.74, 6) is 2.93. The maximum Gasteiger partial charge on any atom is 0.272 e. The molecule has 3 rings (SSSR count). The van der Waals surface area contributed by atoms with Gasteiger partial charge < -0.3 is 18.8 Å². The highest BCUT2D eigenvalue weighted by Gasteiger charge is 2.13. The average molecular weight is 426 g/mol. The lowest BCUT2D eigenvalue weighted by Gasteiger charge is -2.12. The van der Waals surface area contributed by atoms with Crippen molar-refractivity contribution in [1.29, 1.82) is 0 Å². The minimum absolute atomic E-state index is 0.101. The second-order valence-corrected chi connectivity index (χ2v) is 7.01. The van der Waals surface area contributed by atoms with Crippen LogP contribution < -0.4 is 19.0 Å². The van der Waals surface area contributed by atoms with E-state index in [1.807, 2.05) is 0 Å². The Bertz CT molecular complexity index is 1210. The van der Waals surface area contributed by atoms with Gasteiger partial charge in [-0.15, -0.1) is 6.42 Å². The molecule has 0 saturated heterocycles. The first-order chi connectivity index (χ1) is 14.5. The summed E-state index contributed by atoms with van der Waals surface area (Å²) in [4.78, 5) is 16.9. The Morgan fingerprint density at radius 2 is 1.93 bits per heavy atom. The largest absolute Gasteiger partial charge is 0.493 e. The highest BCUT2D eigenvalue weighted by Crippen LogP contribution is 2.38. The predicted octanol–water partition coefficient (Wildman–Crippen LogP) is 3.64. The van der Waals surface area contributed by atoms with Crippen LogP contribution in [0.4, 0.5) is 4.39 Å². The molecule has 0 aliphatic heterocycles. The molecule has 154 valence electrons. The number of carbonyl (C=O) groups is 1. The Balaban J connectivity index is 1.99. The highest BCUT2D eigenvalue weighted by molar-refractivity contribution is 7.16. The zero-order chi connectivity index (χ0) is 21.7. The van der Waals surface area contributed by atoms with E-state index in [9.17, 15) is 9.18 Å². The molecule has 0 radical (unpaired) electrons. The van der Waals surface area contributed by atoms with Crippen molar-refractivity contribution in [2.45, 2.75) is 6.54 Å². The summed E-state index contributed by atoms with van der Waals surface area (Å²) < 4.78 is 32.3. The van der Waals surface area contributed by atoms with Gasteiger partial charge in [0.2, 0.25) is 5.75 Å². The fraction of sp³-hybridized carbons (Fsp3) is 0.182. The third-order valence-corrected chi connectivity index (χ3v) is 5.26. The molecule has 0 fully saturated rings. The summed E-state index contributed by atoms with van der Waals surface area (Å²) in [6.45, 7) is 0.101. The third kappa shape index (κ3) is 4.21. The van der Waals surface area contributed by atoms with Crippen LogP contribution >= 0.6 is 11.3 Å². The lowest BCUT2D eigenvalue weighted by molar-refractivity contribution is -0.113. The summed E-state index contributed by atoms with van der Waals surface area (Å²) in [6, 6.07) is 8.12. The number of benzene rings is 2. The normalized spacial score (nSPS) is 11.6. The van der Waals surface area contributed by atoms with Crippen molar-refractivity contribution < 1.29 is 23.4 Å². The summed E-state index contributed by atoms with van der Waals surface area (Å²) in [5, 5.41) is 0. The van der Waals surface area contributed by atoms with Crippen LogP contribution in [-0.2, 0) is 11.3 Å². The molecule has 1 aromatic heterocycles. The lowest BCUT2D eigenvalue weighted by atomic mass is 10.1. The number of amides is 1. The van der Waals surface area contributed by atoms with Crippen molar-refractivity contribution in [3.8, 4) is 29.6 Å². The molecule has 0 atom stereocenters. The summed E-state index contributed by atoms with van der Waals surface area (Å²) in [6.07, 6.45) is 8.30. The van der Waals surface area contributed by atoms with E-state index in [-0.39, 0.29) is 6.54 Å². The molecular weight excluding hydrogens is 407 g/mol. The van der Waals surface area contributed by atoms with Crippen LogP contribution in [0, 0.1) is 18.2 Å². The van der Waals surface area contributed by atoms with Gasteiger partial charge in [-0.3, -0.25) is 4.79 Å². The van der Waals surface area contributed by atoms with Gasteiger partial charge in [-0.05, 0) is 35.9 Å². The number of nitrogens with zero attached hydrogens (tertiary/aromatic N) is 2. The van der Waals surface area contributed by atoms with Gasteiger partial charge in [-0.2, -0.15) is 4.99 Å². The first-order valence-electron chi connectivity index (χ1n) is 8.80. The highest BCUT2D eigenvalue weighted by atomic mass is 32.1. The Morgan fingerprint density at radius 1 is 1.23 bits per heavy atom. The Labute approximate surface area is 176 Å². The summed E-state index contributed by atoms with van der Waals surface area (Å²) >= 11 is 1.19. The number of ether oxygens (including phenoxy) is 3. The van der Waals surface area contributed by atoms with Crippen LogP contribution in [0.3, 0.4) is 0 Å². The maximum atomic E-state index is 14.2. The SMILES string of the molecule is C#CCn1c(=NC(=O)C=Cc2cc(OC)c(OC)c(OC)c2)sc2cccc(F)c21. The number of para-hydroxylation sites is 1. The molecule has 0 aliphatic carbocycles. The number of aromatic nitrogens is 1. The molecule has 0 aliphatic rings. The Kier molecular flexibility index (Phi) is 6.54. The smallest absolute Gasteiger partial charge is 0.272 e. The summed E-state index contributed by atoms with van der Waals surface area (Å²) in [5.41, 5.74) is 0.993. The van der Waals surface area contributed by atoms with Crippen molar-refractivity contribution in [1.82, 2.24) is 4.57 Å². The van der Waals surface area contributed by atoms with E-state index in [4.69, 9.17) is 20.6 Å². The maximum absolute atomic E-state index is 14.2. The van der Waals surface area contributed by atoms with Gasteiger partial charge in [0.1, 0.15) is 5.82 Å². The second kappa shape index (κ2) is 9.29. The van der Waals surface area contributed by atoms with Crippen LogP contribution in [0.2, 0.25) is 0 Å². The summed E-state index contributed by atoms with van der Waals surface area (Å²) in [7, 11) is 4.53. The Hall–Kier alpha value is -3.57. The van der Waals surface area contributed by atoms with Gasteiger partial charge >= 0.3 is 0 Å². The molecule has 30 heavy (non-hydrogen) atoms. The molecule has 1 amide bonds. The van der Waals surface area contributed by atoms with Crippen LogP contribution in [0.1, 0.15) is 5.56 Å². The van der Waals surface area contributed by atoms with Crippen molar-refractivity contribution in [3.05, 3.63) is 52.6 Å². The number of hydrogen-bond donors (Lipinski definition) is 0. The fourth-order valence-corrected chi connectivity index (χ4v) is 3.96. The minimum atomic E-state index is -0.513. The molecule has 8 heteroatoms. The van der Waals surface area contributed by atoms with E-state index in [1.165, 1.54) is 49.4 Å².